The Morgan fingerprint density at radius 1 is 1.50 bits per heavy atom. The second-order valence-electron chi connectivity index (χ2n) is 4.41. The molecular formula is C11H20FmNO5-. The molecule has 112 valence electrons. The van der Waals surface area contributed by atoms with Gasteiger partial charge in [-0.05, 0) is 40.2 Å². The van der Waals surface area contributed by atoms with Crippen LogP contribution in [0.5, 0.6) is 0 Å². The van der Waals surface area contributed by atoms with Crippen molar-refractivity contribution in [3.05, 3.63) is 0 Å². The number of aliphatic carboxylic acids is 1. The van der Waals surface area contributed by atoms with Crippen molar-refractivity contribution in [2.45, 2.75) is 52.2 Å². The van der Waals surface area contributed by atoms with Gasteiger partial charge in [0, 0.05) is 6.42 Å². The van der Waals surface area contributed by atoms with Gasteiger partial charge in [0.25, 0.3) is 6.47 Å². The molecule has 0 aliphatic rings. The van der Waals surface area contributed by atoms with Gasteiger partial charge in [-0.3, -0.25) is 9.59 Å². The van der Waals surface area contributed by atoms with Crippen LogP contribution >= 0.6 is 0 Å². The van der Waals surface area contributed by atoms with Gasteiger partial charge in [-0.15, -0.1) is 0 Å². The van der Waals surface area contributed by atoms with E-state index < -0.39 is 5.97 Å². The summed E-state index contributed by atoms with van der Waals surface area (Å²) >= 11 is 0. The molecule has 1 unspecified atom stereocenters. The van der Waals surface area contributed by atoms with Crippen molar-refractivity contribution in [3.8, 4) is 0 Å². The number of hydrogen-bond acceptors (Lipinski definition) is 4. The van der Waals surface area contributed by atoms with Crippen molar-refractivity contribution < 1.29 is 24.2 Å². The molecule has 0 aromatic heterocycles. The fourth-order valence-corrected chi connectivity index (χ4v) is 0.657. The first-order chi connectivity index (χ1) is 7.72. The number of carboxylic acid groups (broad SMARTS) is 1. The van der Waals surface area contributed by atoms with E-state index in [1.54, 1.807) is 6.92 Å². The summed E-state index contributed by atoms with van der Waals surface area (Å²) in [5, 5.41) is 10.5. The van der Waals surface area contributed by atoms with Gasteiger partial charge in [-0.2, -0.15) is 6.41 Å². The summed E-state index contributed by atoms with van der Waals surface area (Å²) < 4.78 is 4.55. The van der Waals surface area contributed by atoms with E-state index in [0.29, 0.717) is 12.9 Å². The second-order valence-corrected chi connectivity index (χ2v) is 4.41. The quantitative estimate of drug-likeness (QED) is 0.319. The summed E-state index contributed by atoms with van der Waals surface area (Å²) in [4.78, 5) is 29.3. The normalized spacial score (nSPS) is 10.9. The third-order valence-corrected chi connectivity index (χ3v) is 1.50. The maximum atomic E-state index is 9.98. The summed E-state index contributed by atoms with van der Waals surface area (Å²) in [6.45, 7) is 7.65. The Balaban J connectivity index is -0.000000251. The number of amides is 1. The molecule has 1 atom stereocenters. The number of carbonyl (C=O) groups excluding carboxylic acids is 2. The summed E-state index contributed by atoms with van der Waals surface area (Å²) in [6, 6.07) is -0.103. The van der Waals surface area contributed by atoms with E-state index >= 15 is 0 Å². The minimum absolute atomic E-state index is 0. The number of ether oxygens (including phenoxy) is 1. The largest absolute Gasteiger partial charge is 0.528 e. The van der Waals surface area contributed by atoms with E-state index in [4.69, 9.17) is 5.11 Å². The Morgan fingerprint density at radius 3 is 2.22 bits per heavy atom. The van der Waals surface area contributed by atoms with Crippen molar-refractivity contribution in [3.63, 3.8) is 0 Å². The minimum Gasteiger partial charge on any atom is -0.528 e. The van der Waals surface area contributed by atoms with Gasteiger partial charge in [0.05, 0.1) is 0 Å². The van der Waals surface area contributed by atoms with Crippen LogP contribution in [-0.4, -0.2) is 35.6 Å². The standard InChI is InChI=1S/C6H10NO3.C5H10O2.Fm/c1-5(7-4-8)2-3-6(9)10;1-5(2,3)7-4-6;/h5H,2-3H2,1H3,(H,7,8)(H,9,10);4H,1-3H3;/q-1;;. The first-order valence-corrected chi connectivity index (χ1v) is 5.19. The average molecular weight is 503 g/mol. The van der Waals surface area contributed by atoms with Gasteiger partial charge in [-0.25, -0.2) is 0 Å². The van der Waals surface area contributed by atoms with E-state index in [1.165, 1.54) is 6.41 Å². The molecule has 0 aromatic rings. The van der Waals surface area contributed by atoms with Crippen LogP contribution in [-0.2, 0) is 19.1 Å². The summed E-state index contributed by atoms with van der Waals surface area (Å²) in [5.41, 5.74) is -0.318. The van der Waals surface area contributed by atoms with Crippen LogP contribution in [0.15, 0.2) is 0 Å². The molecule has 2 N–H and O–H groups in total. The molecule has 0 bridgehead atoms. The first kappa shape index (κ1) is 20.8. The van der Waals surface area contributed by atoms with Crippen LogP contribution in [0.4, 0.5) is 0 Å². The monoisotopic (exact) mass is 503 g/mol. The number of carboxylic acids is 1. The van der Waals surface area contributed by atoms with Crippen molar-refractivity contribution in [1.29, 1.82) is 0 Å². The van der Waals surface area contributed by atoms with Crippen LogP contribution in [0.1, 0.15) is 40.5 Å². The van der Waals surface area contributed by atoms with Gasteiger partial charge in [0.1, 0.15) is 5.60 Å². The summed E-state index contributed by atoms with van der Waals surface area (Å²) in [7, 11) is 0. The fraction of sp³-hybridized carbons (Fsp3) is 0.727. The third kappa shape index (κ3) is 23.3. The smallest absolute Gasteiger partial charge is 0.303 e. The van der Waals surface area contributed by atoms with E-state index in [9.17, 15) is 14.4 Å². The Bertz CT molecular complexity index is 240. The summed E-state index contributed by atoms with van der Waals surface area (Å²) in [5.74, 6) is -0.848. The Morgan fingerprint density at radius 2 is 2.00 bits per heavy atom. The molecule has 18 heavy (non-hydrogen) atoms. The van der Waals surface area contributed by atoms with Gasteiger partial charge >= 0.3 is 5.97 Å². The zero-order valence-corrected chi connectivity index (χ0v) is 13.3. The molecule has 0 saturated heterocycles. The van der Waals surface area contributed by atoms with E-state index in [-0.39, 0.29) is 18.1 Å². The minimum atomic E-state index is -0.848. The van der Waals surface area contributed by atoms with E-state index in [0.717, 1.165) is 0 Å². The molecule has 0 fully saturated rings. The van der Waals surface area contributed by atoms with Crippen molar-refractivity contribution >= 4 is 18.9 Å². The van der Waals surface area contributed by atoms with Gasteiger partial charge in [-0.1, -0.05) is 0 Å². The average Bonchev–Trinajstić information content (AvgIpc) is 2.14. The predicted octanol–water partition coefficient (Wildman–Crippen LogP) is 0.854. The zero-order chi connectivity index (χ0) is 13.9. The van der Waals surface area contributed by atoms with Gasteiger partial charge < -0.3 is 20.0 Å². The van der Waals surface area contributed by atoms with Gasteiger partial charge in [0.15, 0.2) is 0 Å². The Kier molecular flexibility index (Phi) is 12.6. The zero-order valence-electron chi connectivity index (χ0n) is 10.9. The van der Waals surface area contributed by atoms with Crippen LogP contribution in [0.25, 0.3) is 0 Å². The van der Waals surface area contributed by atoms with Crippen LogP contribution < -0.4 is 5.32 Å². The van der Waals surface area contributed by atoms with Crippen molar-refractivity contribution in [1.82, 2.24) is 5.32 Å². The second kappa shape index (κ2) is 10.9. The molecule has 7 heteroatoms. The molecule has 0 aromatic carbocycles. The van der Waals surface area contributed by atoms with Crippen molar-refractivity contribution in [2.75, 3.05) is 0 Å². The fourth-order valence-electron chi connectivity index (χ4n) is 0.657. The molecule has 0 rings (SSSR count). The van der Waals surface area contributed by atoms with Crippen LogP contribution in [0.2, 0.25) is 0 Å². The molecule has 0 aliphatic carbocycles. The maximum absolute atomic E-state index is 9.98. The van der Waals surface area contributed by atoms with E-state index in [2.05, 4.69) is 10.1 Å². The SMILES string of the molecule is CC(C)(C)OC=O.CC(CCC(=O)O)N[C-]=O.[Fm]. The van der Waals surface area contributed by atoms with Crippen molar-refractivity contribution in [2.24, 2.45) is 0 Å². The molecule has 1 amide bonds. The number of hydrogen-bond donors (Lipinski definition) is 2. The molecule has 0 saturated carbocycles. The Hall–Kier alpha value is -2.59. The molecule has 0 heterocycles. The van der Waals surface area contributed by atoms with Crippen LogP contribution in [0.3, 0.4) is 0 Å². The molecule has 0 aliphatic heterocycles. The van der Waals surface area contributed by atoms with E-state index in [1.807, 2.05) is 20.8 Å². The Labute approximate surface area is 101 Å². The molecule has 0 spiro atoms. The number of rotatable bonds is 6. The van der Waals surface area contributed by atoms with Gasteiger partial charge in [0.2, 0.25) is 0 Å². The first-order valence-electron chi connectivity index (χ1n) is 5.19. The summed E-state index contributed by atoms with van der Waals surface area (Å²) in [6.07, 6.45) is 2.03. The predicted molar refractivity (Wildman–Crippen MR) is 62.1 cm³/mol. The molecule has 0 radical (unpaired) electrons. The molecular weight excluding hydrogens is 483 g/mol. The number of nitrogens with one attached hydrogen (secondary N) is 1. The maximum Gasteiger partial charge on any atom is 0.303 e. The topological polar surface area (TPSA) is 92.7 Å². The molecule has 6 nitrogen and oxygen atoms in total. The third-order valence-electron chi connectivity index (χ3n) is 1.50. The number of carbonyl (C=O) groups is 2. The van der Waals surface area contributed by atoms with Crippen LogP contribution in [0, 0.1) is 0 Å².